The Bertz CT molecular complexity index is 857. The first-order chi connectivity index (χ1) is 13.5. The third-order valence-corrected chi connectivity index (χ3v) is 5.85. The van der Waals surface area contributed by atoms with E-state index < -0.39 is 4.92 Å². The minimum Gasteiger partial charge on any atom is -0.450 e. The van der Waals surface area contributed by atoms with E-state index >= 15 is 0 Å². The van der Waals surface area contributed by atoms with Gasteiger partial charge >= 0.3 is 5.69 Å². The lowest BCUT2D eigenvalue weighted by atomic mass is 9.78. The summed E-state index contributed by atoms with van der Waals surface area (Å²) in [5, 5.41) is 15.0. The summed E-state index contributed by atoms with van der Waals surface area (Å²) in [5.74, 6) is 0.149. The molecule has 0 bridgehead atoms. The molecule has 6 nitrogen and oxygen atoms in total. The lowest BCUT2D eigenvalue weighted by Crippen LogP contribution is -2.38. The second kappa shape index (κ2) is 9.07. The fourth-order valence-electron chi connectivity index (χ4n) is 4.31. The largest absolute Gasteiger partial charge is 0.450 e. The van der Waals surface area contributed by atoms with Gasteiger partial charge in [0.15, 0.2) is 0 Å². The molecule has 2 aromatic rings. The van der Waals surface area contributed by atoms with Crippen LogP contribution in [0.5, 0.6) is 11.5 Å². The van der Waals surface area contributed by atoms with Gasteiger partial charge in [0.05, 0.1) is 4.92 Å². The topological polar surface area (TPSA) is 67.6 Å². The molecule has 29 heavy (non-hydrogen) atoms. The van der Waals surface area contributed by atoms with Crippen LogP contribution < -0.4 is 10.1 Å². The summed E-state index contributed by atoms with van der Waals surface area (Å²) in [6, 6.07) is 10.5. The standard InChI is InChI=1S/C21H24FN3O3.ClH/c22-17-2-4-18(5-3-17)28-20-6-1-16(13-19(20)25(26)27)14-24-12-9-21(15-24)7-10-23-11-8-21;/h1-6,13,23H,7-12,14-15H2;1H. The van der Waals surface area contributed by atoms with Crippen LogP contribution >= 0.6 is 12.4 Å². The van der Waals surface area contributed by atoms with Crippen LogP contribution in [0.25, 0.3) is 0 Å². The molecule has 2 aliphatic rings. The van der Waals surface area contributed by atoms with Gasteiger partial charge in [-0.05, 0) is 80.2 Å². The normalized spacial score (nSPS) is 18.4. The van der Waals surface area contributed by atoms with E-state index in [0.717, 1.165) is 31.7 Å². The SMILES string of the molecule is Cl.O=[N+]([O-])c1cc(CN2CCC3(CCNCC3)C2)ccc1Oc1ccc(F)cc1. The predicted octanol–water partition coefficient (Wildman–Crippen LogP) is 4.52. The molecule has 2 heterocycles. The Morgan fingerprint density at radius 1 is 1.14 bits per heavy atom. The van der Waals surface area contributed by atoms with Crippen molar-refractivity contribution in [2.24, 2.45) is 5.41 Å². The molecule has 0 unspecified atom stereocenters. The maximum atomic E-state index is 13.0. The zero-order valence-electron chi connectivity index (χ0n) is 16.1. The van der Waals surface area contributed by atoms with Crippen molar-refractivity contribution in [3.63, 3.8) is 0 Å². The number of benzene rings is 2. The molecule has 0 radical (unpaired) electrons. The van der Waals surface area contributed by atoms with Crippen molar-refractivity contribution < 1.29 is 14.1 Å². The van der Waals surface area contributed by atoms with Crippen LogP contribution in [0.15, 0.2) is 42.5 Å². The smallest absolute Gasteiger partial charge is 0.311 e. The number of rotatable bonds is 5. The Morgan fingerprint density at radius 2 is 1.86 bits per heavy atom. The number of ether oxygens (including phenoxy) is 1. The molecule has 1 N–H and O–H groups in total. The molecule has 2 fully saturated rings. The van der Waals surface area contributed by atoms with E-state index in [-0.39, 0.29) is 29.7 Å². The molecule has 8 heteroatoms. The first kappa shape index (κ1) is 21.5. The second-order valence-electron chi connectivity index (χ2n) is 7.83. The summed E-state index contributed by atoms with van der Waals surface area (Å²) >= 11 is 0. The van der Waals surface area contributed by atoms with E-state index in [1.54, 1.807) is 12.1 Å². The molecule has 0 aliphatic carbocycles. The van der Waals surface area contributed by atoms with Gasteiger partial charge in [0.25, 0.3) is 0 Å². The first-order valence-corrected chi connectivity index (χ1v) is 9.67. The van der Waals surface area contributed by atoms with E-state index in [0.29, 0.717) is 17.7 Å². The first-order valence-electron chi connectivity index (χ1n) is 9.67. The van der Waals surface area contributed by atoms with Gasteiger partial charge in [0, 0.05) is 19.2 Å². The molecular formula is C21H25ClFN3O3. The number of nitro benzene ring substituents is 1. The van der Waals surface area contributed by atoms with Gasteiger partial charge in [-0.25, -0.2) is 4.39 Å². The van der Waals surface area contributed by atoms with Crippen molar-refractivity contribution in [3.8, 4) is 11.5 Å². The van der Waals surface area contributed by atoms with Crippen LogP contribution in [0.3, 0.4) is 0 Å². The van der Waals surface area contributed by atoms with Gasteiger partial charge in [0.2, 0.25) is 5.75 Å². The fraction of sp³-hybridized carbons (Fsp3) is 0.429. The number of hydrogen-bond donors (Lipinski definition) is 1. The molecule has 0 atom stereocenters. The summed E-state index contributed by atoms with van der Waals surface area (Å²) < 4.78 is 18.7. The minimum absolute atomic E-state index is 0. The monoisotopic (exact) mass is 421 g/mol. The van der Waals surface area contributed by atoms with Crippen molar-refractivity contribution >= 4 is 18.1 Å². The van der Waals surface area contributed by atoms with Crippen molar-refractivity contribution in [1.29, 1.82) is 0 Å². The van der Waals surface area contributed by atoms with Crippen LogP contribution in [0.4, 0.5) is 10.1 Å². The average molecular weight is 422 g/mol. The number of likely N-dealkylation sites (tertiary alicyclic amines) is 1. The van der Waals surface area contributed by atoms with Crippen LogP contribution in [0.1, 0.15) is 24.8 Å². The maximum Gasteiger partial charge on any atom is 0.311 e. The summed E-state index contributed by atoms with van der Waals surface area (Å²) in [6.45, 7) is 4.94. The van der Waals surface area contributed by atoms with Crippen LogP contribution in [-0.2, 0) is 6.54 Å². The fourth-order valence-corrected chi connectivity index (χ4v) is 4.31. The minimum atomic E-state index is -0.430. The Balaban J connectivity index is 0.00000240. The van der Waals surface area contributed by atoms with Crippen LogP contribution in [0.2, 0.25) is 0 Å². The van der Waals surface area contributed by atoms with E-state index in [1.807, 2.05) is 6.07 Å². The van der Waals surface area contributed by atoms with E-state index in [9.17, 15) is 14.5 Å². The van der Waals surface area contributed by atoms with Crippen LogP contribution in [0, 0.1) is 21.3 Å². The molecule has 0 aromatic heterocycles. The highest BCUT2D eigenvalue weighted by molar-refractivity contribution is 5.85. The lowest BCUT2D eigenvalue weighted by Gasteiger charge is -2.33. The molecule has 1 spiro atoms. The van der Waals surface area contributed by atoms with Gasteiger partial charge in [0.1, 0.15) is 11.6 Å². The third-order valence-electron chi connectivity index (χ3n) is 5.85. The molecule has 156 valence electrons. The summed E-state index contributed by atoms with van der Waals surface area (Å²) in [5.41, 5.74) is 1.24. The van der Waals surface area contributed by atoms with Crippen molar-refractivity contribution in [2.45, 2.75) is 25.8 Å². The Hall–Kier alpha value is -2.22. The zero-order chi connectivity index (χ0) is 19.6. The summed E-state index contributed by atoms with van der Waals surface area (Å²) in [6.07, 6.45) is 3.60. The zero-order valence-corrected chi connectivity index (χ0v) is 16.9. The quantitative estimate of drug-likeness (QED) is 0.567. The Kier molecular flexibility index (Phi) is 6.72. The van der Waals surface area contributed by atoms with Crippen molar-refractivity contribution in [1.82, 2.24) is 10.2 Å². The van der Waals surface area contributed by atoms with E-state index in [4.69, 9.17) is 4.74 Å². The molecule has 2 saturated heterocycles. The maximum absolute atomic E-state index is 13.0. The summed E-state index contributed by atoms with van der Waals surface area (Å²) in [7, 11) is 0. The highest BCUT2D eigenvalue weighted by atomic mass is 35.5. The van der Waals surface area contributed by atoms with Gasteiger partial charge < -0.3 is 10.1 Å². The van der Waals surface area contributed by atoms with Gasteiger partial charge in [-0.15, -0.1) is 12.4 Å². The van der Waals surface area contributed by atoms with Crippen molar-refractivity contribution in [2.75, 3.05) is 26.2 Å². The average Bonchev–Trinajstić information content (AvgIpc) is 3.07. The van der Waals surface area contributed by atoms with E-state index in [1.165, 1.54) is 43.5 Å². The number of hydrogen-bond acceptors (Lipinski definition) is 5. The second-order valence-corrected chi connectivity index (χ2v) is 7.83. The number of piperidine rings is 1. The number of nitrogens with zero attached hydrogens (tertiary/aromatic N) is 2. The number of nitrogens with one attached hydrogen (secondary N) is 1. The highest BCUT2D eigenvalue weighted by Gasteiger charge is 2.38. The molecule has 2 aliphatic heterocycles. The lowest BCUT2D eigenvalue weighted by molar-refractivity contribution is -0.385. The Morgan fingerprint density at radius 3 is 2.55 bits per heavy atom. The molecule has 4 rings (SSSR count). The predicted molar refractivity (Wildman–Crippen MR) is 111 cm³/mol. The van der Waals surface area contributed by atoms with Gasteiger partial charge in [-0.3, -0.25) is 15.0 Å². The summed E-state index contributed by atoms with van der Waals surface area (Å²) in [4.78, 5) is 13.5. The van der Waals surface area contributed by atoms with E-state index in [2.05, 4.69) is 10.2 Å². The Labute approximate surface area is 175 Å². The number of nitro groups is 1. The third kappa shape index (κ3) is 5.04. The number of halogens is 2. The van der Waals surface area contributed by atoms with Crippen molar-refractivity contribution in [3.05, 3.63) is 64.0 Å². The molecular weight excluding hydrogens is 397 g/mol. The van der Waals surface area contributed by atoms with Gasteiger partial charge in [-0.2, -0.15) is 0 Å². The highest BCUT2D eigenvalue weighted by Crippen LogP contribution is 2.39. The molecule has 0 saturated carbocycles. The molecule has 2 aromatic carbocycles. The van der Waals surface area contributed by atoms with Gasteiger partial charge in [-0.1, -0.05) is 6.07 Å². The molecule has 0 amide bonds. The van der Waals surface area contributed by atoms with Crippen LogP contribution in [-0.4, -0.2) is 36.0 Å².